The summed E-state index contributed by atoms with van der Waals surface area (Å²) in [6, 6.07) is 6.69. The number of hydrogen-bond acceptors (Lipinski definition) is 2. The van der Waals surface area contributed by atoms with Crippen molar-refractivity contribution in [2.45, 2.75) is 55.7 Å². The average molecular weight is 328 g/mol. The lowest BCUT2D eigenvalue weighted by molar-refractivity contribution is 0.394. The molecule has 1 nitrogen and oxygen atoms in total. The quantitative estimate of drug-likeness (QED) is 0.831. The SMILES string of the molecule is CC1CCCC(Sc2ccc([C@H](C)N)c(Br)c2)C1. The molecule has 1 aromatic carbocycles. The maximum Gasteiger partial charge on any atom is 0.0277 e. The zero-order chi connectivity index (χ0) is 13.1. The van der Waals surface area contributed by atoms with Crippen LogP contribution in [0.25, 0.3) is 0 Å². The Morgan fingerprint density at radius 3 is 2.78 bits per heavy atom. The number of halogens is 1. The predicted octanol–water partition coefficient (Wildman–Crippen LogP) is 5.14. The first-order chi connectivity index (χ1) is 8.56. The van der Waals surface area contributed by atoms with Gasteiger partial charge in [0, 0.05) is 20.7 Å². The minimum Gasteiger partial charge on any atom is -0.324 e. The van der Waals surface area contributed by atoms with E-state index >= 15 is 0 Å². The van der Waals surface area contributed by atoms with Gasteiger partial charge < -0.3 is 5.73 Å². The van der Waals surface area contributed by atoms with E-state index in [9.17, 15) is 0 Å². The summed E-state index contributed by atoms with van der Waals surface area (Å²) in [5.41, 5.74) is 7.12. The van der Waals surface area contributed by atoms with Crippen molar-refractivity contribution in [3.63, 3.8) is 0 Å². The zero-order valence-corrected chi connectivity index (χ0v) is 13.6. The van der Waals surface area contributed by atoms with Gasteiger partial charge in [-0.25, -0.2) is 0 Å². The van der Waals surface area contributed by atoms with Crippen LogP contribution in [0.1, 0.15) is 51.1 Å². The highest BCUT2D eigenvalue weighted by molar-refractivity contribution is 9.10. The lowest BCUT2D eigenvalue weighted by Gasteiger charge is -2.26. The summed E-state index contributed by atoms with van der Waals surface area (Å²) in [5.74, 6) is 0.892. The Kier molecular flexibility index (Phi) is 5.16. The number of rotatable bonds is 3. The van der Waals surface area contributed by atoms with Gasteiger partial charge in [0.2, 0.25) is 0 Å². The Bertz CT molecular complexity index is 405. The minimum atomic E-state index is 0.0909. The van der Waals surface area contributed by atoms with Crippen molar-refractivity contribution in [3.05, 3.63) is 28.2 Å². The molecule has 0 heterocycles. The molecule has 3 heteroatoms. The summed E-state index contributed by atoms with van der Waals surface area (Å²) < 4.78 is 1.14. The van der Waals surface area contributed by atoms with Gasteiger partial charge in [0.25, 0.3) is 0 Å². The van der Waals surface area contributed by atoms with Gasteiger partial charge in [0.1, 0.15) is 0 Å². The van der Waals surface area contributed by atoms with Crippen LogP contribution in [-0.4, -0.2) is 5.25 Å². The standard InChI is InChI=1S/C15H22BrNS/c1-10-4-3-5-12(8-10)18-13-6-7-14(11(2)17)15(16)9-13/h6-7,9-12H,3-5,8,17H2,1-2H3/t10?,11-,12?/m0/s1. The summed E-state index contributed by atoms with van der Waals surface area (Å²) in [7, 11) is 0. The molecule has 0 bridgehead atoms. The van der Waals surface area contributed by atoms with E-state index in [4.69, 9.17) is 5.73 Å². The van der Waals surface area contributed by atoms with Crippen molar-refractivity contribution in [2.75, 3.05) is 0 Å². The fourth-order valence-electron chi connectivity index (χ4n) is 2.63. The van der Waals surface area contributed by atoms with Crippen molar-refractivity contribution in [2.24, 2.45) is 11.7 Å². The highest BCUT2D eigenvalue weighted by Gasteiger charge is 2.20. The molecule has 1 fully saturated rings. The molecule has 0 radical (unpaired) electrons. The van der Waals surface area contributed by atoms with Gasteiger partial charge in [0.15, 0.2) is 0 Å². The van der Waals surface area contributed by atoms with Crippen LogP contribution in [-0.2, 0) is 0 Å². The molecule has 100 valence electrons. The lowest BCUT2D eigenvalue weighted by Crippen LogP contribution is -2.14. The predicted molar refractivity (Wildman–Crippen MR) is 84.0 cm³/mol. The molecule has 1 aliphatic rings. The van der Waals surface area contributed by atoms with E-state index in [2.05, 4.69) is 41.1 Å². The summed E-state index contributed by atoms with van der Waals surface area (Å²) in [5, 5.41) is 0.793. The average Bonchev–Trinajstić information content (AvgIpc) is 2.28. The van der Waals surface area contributed by atoms with Crippen molar-refractivity contribution in [3.8, 4) is 0 Å². The van der Waals surface area contributed by atoms with E-state index in [0.29, 0.717) is 0 Å². The van der Waals surface area contributed by atoms with Crippen molar-refractivity contribution in [1.82, 2.24) is 0 Å². The van der Waals surface area contributed by atoms with Crippen LogP contribution in [0.3, 0.4) is 0 Å². The zero-order valence-electron chi connectivity index (χ0n) is 11.2. The fraction of sp³-hybridized carbons (Fsp3) is 0.600. The molecule has 1 aliphatic carbocycles. The third kappa shape index (κ3) is 3.75. The topological polar surface area (TPSA) is 26.0 Å². The molecular weight excluding hydrogens is 306 g/mol. The molecule has 0 aromatic heterocycles. The van der Waals surface area contributed by atoms with Gasteiger partial charge in [-0.3, -0.25) is 0 Å². The Hall–Kier alpha value is 0.01000. The Labute approximate surface area is 123 Å². The van der Waals surface area contributed by atoms with Crippen molar-refractivity contribution in [1.29, 1.82) is 0 Å². The smallest absolute Gasteiger partial charge is 0.0277 e. The summed E-state index contributed by atoms with van der Waals surface area (Å²) in [6.45, 7) is 4.40. The molecule has 1 saturated carbocycles. The Morgan fingerprint density at radius 2 is 2.17 bits per heavy atom. The van der Waals surface area contributed by atoms with Crippen LogP contribution < -0.4 is 5.73 Å². The minimum absolute atomic E-state index is 0.0909. The normalized spacial score (nSPS) is 26.0. The lowest BCUT2D eigenvalue weighted by atomic mass is 9.91. The maximum atomic E-state index is 5.93. The highest BCUT2D eigenvalue weighted by atomic mass is 79.9. The number of benzene rings is 1. The third-order valence-corrected chi connectivity index (χ3v) is 5.63. The van der Waals surface area contributed by atoms with E-state index in [1.165, 1.54) is 36.1 Å². The van der Waals surface area contributed by atoms with E-state index in [1.54, 1.807) is 0 Å². The van der Waals surface area contributed by atoms with E-state index < -0.39 is 0 Å². The largest absolute Gasteiger partial charge is 0.324 e. The molecule has 1 aromatic rings. The fourth-order valence-corrected chi connectivity index (χ4v) is 4.95. The van der Waals surface area contributed by atoms with Crippen LogP contribution in [0, 0.1) is 5.92 Å². The first-order valence-electron chi connectivity index (χ1n) is 6.78. The van der Waals surface area contributed by atoms with Crippen LogP contribution in [0.15, 0.2) is 27.6 Å². The summed E-state index contributed by atoms with van der Waals surface area (Å²) in [6.07, 6.45) is 5.52. The van der Waals surface area contributed by atoms with Crippen LogP contribution in [0.2, 0.25) is 0 Å². The molecular formula is C15H22BrNS. The van der Waals surface area contributed by atoms with Gasteiger partial charge in [-0.2, -0.15) is 0 Å². The molecule has 2 N–H and O–H groups in total. The van der Waals surface area contributed by atoms with Gasteiger partial charge in [-0.15, -0.1) is 11.8 Å². The Morgan fingerprint density at radius 1 is 1.39 bits per heavy atom. The van der Waals surface area contributed by atoms with Gasteiger partial charge in [0.05, 0.1) is 0 Å². The van der Waals surface area contributed by atoms with E-state index in [0.717, 1.165) is 15.6 Å². The number of thioether (sulfide) groups is 1. The number of hydrogen-bond donors (Lipinski definition) is 1. The van der Waals surface area contributed by atoms with Gasteiger partial charge >= 0.3 is 0 Å². The molecule has 3 atom stereocenters. The molecule has 18 heavy (non-hydrogen) atoms. The molecule has 0 aliphatic heterocycles. The molecule has 0 saturated heterocycles. The van der Waals surface area contributed by atoms with Crippen LogP contribution >= 0.6 is 27.7 Å². The molecule has 0 amide bonds. The second-order valence-electron chi connectivity index (χ2n) is 5.48. The maximum absolute atomic E-state index is 5.93. The van der Waals surface area contributed by atoms with Crippen molar-refractivity contribution < 1.29 is 0 Å². The second kappa shape index (κ2) is 6.44. The number of nitrogens with two attached hydrogens (primary N) is 1. The summed E-state index contributed by atoms with van der Waals surface area (Å²) in [4.78, 5) is 1.37. The Balaban J connectivity index is 2.03. The van der Waals surface area contributed by atoms with E-state index in [1.807, 2.05) is 18.7 Å². The first kappa shape index (κ1) is 14.4. The summed E-state index contributed by atoms with van der Waals surface area (Å²) >= 11 is 5.66. The molecule has 2 unspecified atom stereocenters. The monoisotopic (exact) mass is 327 g/mol. The first-order valence-corrected chi connectivity index (χ1v) is 8.45. The highest BCUT2D eigenvalue weighted by Crippen LogP contribution is 2.37. The van der Waals surface area contributed by atoms with Crippen LogP contribution in [0.4, 0.5) is 0 Å². The third-order valence-electron chi connectivity index (χ3n) is 3.65. The van der Waals surface area contributed by atoms with Gasteiger partial charge in [-0.05, 0) is 43.4 Å². The van der Waals surface area contributed by atoms with Gasteiger partial charge in [-0.1, -0.05) is 41.8 Å². The molecule has 2 rings (SSSR count). The second-order valence-corrected chi connectivity index (χ2v) is 7.71. The van der Waals surface area contributed by atoms with Crippen molar-refractivity contribution >= 4 is 27.7 Å². The van der Waals surface area contributed by atoms with Crippen LogP contribution in [0.5, 0.6) is 0 Å². The molecule has 0 spiro atoms. The van der Waals surface area contributed by atoms with E-state index in [-0.39, 0.29) is 6.04 Å².